The predicted molar refractivity (Wildman–Crippen MR) is 135 cm³/mol. The van der Waals surface area contributed by atoms with E-state index in [0.29, 0.717) is 49.8 Å². The average Bonchev–Trinajstić information content (AvgIpc) is 2.90. The van der Waals surface area contributed by atoms with E-state index in [2.05, 4.69) is 10.6 Å². The SMILES string of the molecule is COc1ccccc1NC(=O)CC1C(=O)NCCN1C(=O)CN1CCN(c2cccc(C(F)(F)F)c2)CC1. The highest BCUT2D eigenvalue weighted by Crippen LogP contribution is 2.32. The molecule has 0 saturated carbocycles. The van der Waals surface area contributed by atoms with Crippen LogP contribution in [0.2, 0.25) is 0 Å². The normalized spacial score (nSPS) is 18.6. The van der Waals surface area contributed by atoms with E-state index in [1.807, 2.05) is 9.80 Å². The van der Waals surface area contributed by atoms with Crippen molar-refractivity contribution in [1.29, 1.82) is 0 Å². The summed E-state index contributed by atoms with van der Waals surface area (Å²) in [6.45, 7) is 2.48. The minimum absolute atomic E-state index is 0.0499. The van der Waals surface area contributed by atoms with Crippen LogP contribution in [0, 0.1) is 0 Å². The van der Waals surface area contributed by atoms with Crippen LogP contribution in [0.25, 0.3) is 0 Å². The zero-order valence-electron chi connectivity index (χ0n) is 21.0. The van der Waals surface area contributed by atoms with E-state index in [1.165, 1.54) is 18.1 Å². The standard InChI is InChI=1S/C26H30F3N5O4/c1-38-22-8-3-2-7-20(22)31-23(35)16-21-25(37)30-9-10-34(21)24(36)17-32-11-13-33(14-12-32)19-6-4-5-18(15-19)26(27,28)29/h2-8,15,21H,9-14,16-17H2,1H3,(H,30,37)(H,31,35). The maximum Gasteiger partial charge on any atom is 0.416 e. The number of hydrogen-bond donors (Lipinski definition) is 2. The monoisotopic (exact) mass is 533 g/mol. The highest BCUT2D eigenvalue weighted by atomic mass is 19.4. The molecule has 1 atom stereocenters. The molecular formula is C26H30F3N5O4. The number of alkyl halides is 3. The second-order valence-electron chi connectivity index (χ2n) is 9.16. The highest BCUT2D eigenvalue weighted by Gasteiger charge is 2.36. The van der Waals surface area contributed by atoms with Gasteiger partial charge in [0.15, 0.2) is 0 Å². The van der Waals surface area contributed by atoms with Gasteiger partial charge in [-0.1, -0.05) is 18.2 Å². The summed E-state index contributed by atoms with van der Waals surface area (Å²) in [5.74, 6) is -0.619. The number of methoxy groups -OCH3 is 1. The summed E-state index contributed by atoms with van der Waals surface area (Å²) in [7, 11) is 1.49. The third-order valence-electron chi connectivity index (χ3n) is 6.68. The molecule has 2 heterocycles. The van der Waals surface area contributed by atoms with Crippen LogP contribution in [-0.4, -0.2) is 86.5 Å². The molecule has 38 heavy (non-hydrogen) atoms. The van der Waals surface area contributed by atoms with Gasteiger partial charge >= 0.3 is 6.18 Å². The Hall–Kier alpha value is -3.80. The summed E-state index contributed by atoms with van der Waals surface area (Å²) < 4.78 is 44.5. The van der Waals surface area contributed by atoms with Gasteiger partial charge in [0.2, 0.25) is 17.7 Å². The first-order valence-corrected chi connectivity index (χ1v) is 12.3. The van der Waals surface area contributed by atoms with Crippen LogP contribution in [0.1, 0.15) is 12.0 Å². The van der Waals surface area contributed by atoms with E-state index in [4.69, 9.17) is 4.74 Å². The number of nitrogens with one attached hydrogen (secondary N) is 2. The first kappa shape index (κ1) is 27.2. The van der Waals surface area contributed by atoms with Crippen molar-refractivity contribution in [2.75, 3.05) is 63.1 Å². The molecule has 0 aliphatic carbocycles. The van der Waals surface area contributed by atoms with Crippen molar-refractivity contribution in [3.63, 3.8) is 0 Å². The van der Waals surface area contributed by atoms with Crippen LogP contribution in [0.15, 0.2) is 48.5 Å². The fourth-order valence-electron chi connectivity index (χ4n) is 4.67. The lowest BCUT2D eigenvalue weighted by molar-refractivity contribution is -0.145. The van der Waals surface area contributed by atoms with E-state index in [0.717, 1.165) is 12.1 Å². The van der Waals surface area contributed by atoms with Gasteiger partial charge in [-0.3, -0.25) is 19.3 Å². The van der Waals surface area contributed by atoms with Crippen molar-refractivity contribution in [2.45, 2.75) is 18.6 Å². The van der Waals surface area contributed by atoms with E-state index in [1.54, 1.807) is 30.3 Å². The zero-order chi connectivity index (χ0) is 27.3. The number of ether oxygens (including phenoxy) is 1. The summed E-state index contributed by atoms with van der Waals surface area (Å²) in [6, 6.07) is 11.1. The second-order valence-corrected chi connectivity index (χ2v) is 9.16. The number of hydrogen-bond acceptors (Lipinski definition) is 6. The summed E-state index contributed by atoms with van der Waals surface area (Å²) in [5, 5.41) is 5.45. The number of benzene rings is 2. The molecule has 2 fully saturated rings. The topological polar surface area (TPSA) is 94.2 Å². The van der Waals surface area contributed by atoms with Gasteiger partial charge in [0.05, 0.1) is 31.3 Å². The van der Waals surface area contributed by atoms with Crippen molar-refractivity contribution in [3.05, 3.63) is 54.1 Å². The van der Waals surface area contributed by atoms with Crippen LogP contribution in [0.4, 0.5) is 24.5 Å². The molecular weight excluding hydrogens is 503 g/mol. The molecule has 0 radical (unpaired) electrons. The lowest BCUT2D eigenvalue weighted by Gasteiger charge is -2.39. The number of amides is 3. The van der Waals surface area contributed by atoms with Gasteiger partial charge in [-0.25, -0.2) is 0 Å². The van der Waals surface area contributed by atoms with Crippen molar-refractivity contribution in [3.8, 4) is 5.75 Å². The van der Waals surface area contributed by atoms with Crippen molar-refractivity contribution >= 4 is 29.1 Å². The number of piperazine rings is 2. The van der Waals surface area contributed by atoms with Crippen LogP contribution < -0.4 is 20.3 Å². The Morgan fingerprint density at radius 3 is 2.50 bits per heavy atom. The van der Waals surface area contributed by atoms with Crippen LogP contribution in [-0.2, 0) is 20.6 Å². The van der Waals surface area contributed by atoms with Crippen LogP contribution in [0.5, 0.6) is 5.75 Å². The maximum atomic E-state index is 13.2. The van der Waals surface area contributed by atoms with Crippen molar-refractivity contribution < 1.29 is 32.3 Å². The molecule has 4 rings (SSSR count). The molecule has 2 aliphatic heterocycles. The predicted octanol–water partition coefficient (Wildman–Crippen LogP) is 2.19. The molecule has 2 N–H and O–H groups in total. The van der Waals surface area contributed by atoms with Crippen LogP contribution >= 0.6 is 0 Å². The lowest BCUT2D eigenvalue weighted by atomic mass is 10.1. The Labute approximate surface area is 218 Å². The van der Waals surface area contributed by atoms with E-state index < -0.39 is 29.6 Å². The minimum Gasteiger partial charge on any atom is -0.495 e. The minimum atomic E-state index is -4.41. The van der Waals surface area contributed by atoms with E-state index in [9.17, 15) is 27.6 Å². The Morgan fingerprint density at radius 1 is 1.05 bits per heavy atom. The smallest absolute Gasteiger partial charge is 0.416 e. The third kappa shape index (κ3) is 6.55. The second kappa shape index (κ2) is 11.7. The molecule has 0 aromatic heterocycles. The number of para-hydroxylation sites is 2. The molecule has 0 spiro atoms. The van der Waals surface area contributed by atoms with Gasteiger partial charge in [0.25, 0.3) is 0 Å². The molecule has 1 unspecified atom stereocenters. The largest absolute Gasteiger partial charge is 0.495 e. The molecule has 204 valence electrons. The zero-order valence-corrected chi connectivity index (χ0v) is 21.0. The highest BCUT2D eigenvalue weighted by molar-refractivity contribution is 5.98. The fourth-order valence-corrected chi connectivity index (χ4v) is 4.67. The molecule has 2 aliphatic rings. The van der Waals surface area contributed by atoms with Crippen molar-refractivity contribution in [1.82, 2.24) is 15.1 Å². The summed E-state index contributed by atoms with van der Waals surface area (Å²) in [5.41, 5.74) is 0.254. The molecule has 2 aromatic rings. The molecule has 9 nitrogen and oxygen atoms in total. The summed E-state index contributed by atoms with van der Waals surface area (Å²) in [6.07, 6.45) is -4.62. The molecule has 2 aromatic carbocycles. The number of rotatable bonds is 7. The molecule has 3 amide bonds. The molecule has 2 saturated heterocycles. The Kier molecular flexibility index (Phi) is 8.40. The molecule has 0 bridgehead atoms. The Balaban J connectivity index is 1.34. The number of nitrogens with zero attached hydrogens (tertiary/aromatic N) is 3. The first-order chi connectivity index (χ1) is 18.2. The van der Waals surface area contributed by atoms with Gasteiger partial charge in [0, 0.05) is 45.0 Å². The molecule has 12 heteroatoms. The van der Waals surface area contributed by atoms with Gasteiger partial charge in [-0.05, 0) is 30.3 Å². The number of carbonyl (C=O) groups excluding carboxylic acids is 3. The van der Waals surface area contributed by atoms with Gasteiger partial charge in [0.1, 0.15) is 11.8 Å². The summed E-state index contributed by atoms with van der Waals surface area (Å²) in [4.78, 5) is 43.7. The third-order valence-corrected chi connectivity index (χ3v) is 6.68. The van der Waals surface area contributed by atoms with Crippen molar-refractivity contribution in [2.24, 2.45) is 0 Å². The first-order valence-electron chi connectivity index (χ1n) is 12.3. The lowest BCUT2D eigenvalue weighted by Crippen LogP contribution is -2.60. The van der Waals surface area contributed by atoms with Crippen LogP contribution in [0.3, 0.4) is 0 Å². The number of anilines is 2. The van der Waals surface area contributed by atoms with Gasteiger partial charge < -0.3 is 25.2 Å². The fraction of sp³-hybridized carbons (Fsp3) is 0.423. The van der Waals surface area contributed by atoms with Gasteiger partial charge in [-0.15, -0.1) is 0 Å². The average molecular weight is 534 g/mol. The Morgan fingerprint density at radius 2 is 1.79 bits per heavy atom. The maximum absolute atomic E-state index is 13.2. The summed E-state index contributed by atoms with van der Waals surface area (Å²) >= 11 is 0. The van der Waals surface area contributed by atoms with Gasteiger partial charge in [-0.2, -0.15) is 13.2 Å². The quantitative estimate of drug-likeness (QED) is 0.567. The number of halogens is 3. The Bertz CT molecular complexity index is 1170. The van der Waals surface area contributed by atoms with E-state index in [-0.39, 0.29) is 25.4 Å². The number of carbonyl (C=O) groups is 3. The van der Waals surface area contributed by atoms with E-state index >= 15 is 0 Å².